The molecule has 0 bridgehead atoms. The Kier molecular flexibility index (Phi) is 2.09. The Morgan fingerprint density at radius 3 is 3.00 bits per heavy atom. The van der Waals surface area contributed by atoms with Crippen LogP contribution in [0.25, 0.3) is 10.1 Å². The van der Waals surface area contributed by atoms with Crippen molar-refractivity contribution in [3.05, 3.63) is 28.9 Å². The van der Waals surface area contributed by atoms with Gasteiger partial charge in [0.05, 0.1) is 5.56 Å². The van der Waals surface area contributed by atoms with Crippen molar-refractivity contribution in [2.45, 2.75) is 4.90 Å². The van der Waals surface area contributed by atoms with Crippen molar-refractivity contribution >= 4 is 40.3 Å². The maximum atomic E-state index is 13.5. The van der Waals surface area contributed by atoms with Gasteiger partial charge < -0.3 is 0 Å². The van der Waals surface area contributed by atoms with Gasteiger partial charge in [0, 0.05) is 15.0 Å². The van der Waals surface area contributed by atoms with Gasteiger partial charge in [0.1, 0.15) is 5.82 Å². The third kappa shape index (κ3) is 1.26. The van der Waals surface area contributed by atoms with Gasteiger partial charge in [-0.05, 0) is 17.5 Å². The van der Waals surface area contributed by atoms with Crippen LogP contribution in [0.4, 0.5) is 4.39 Å². The topological polar surface area (TPSA) is 17.1 Å². The maximum absolute atomic E-state index is 13.5. The Morgan fingerprint density at radius 1 is 1.54 bits per heavy atom. The molecule has 0 N–H and O–H groups in total. The number of thiol groups is 1. The van der Waals surface area contributed by atoms with Crippen LogP contribution < -0.4 is 0 Å². The molecule has 0 aliphatic rings. The van der Waals surface area contributed by atoms with Crippen LogP contribution in [-0.2, 0) is 0 Å². The van der Waals surface area contributed by atoms with Gasteiger partial charge >= 0.3 is 0 Å². The summed E-state index contributed by atoms with van der Waals surface area (Å²) in [6.45, 7) is 0. The first-order valence-corrected chi connectivity index (χ1v) is 4.90. The lowest BCUT2D eigenvalue weighted by Crippen LogP contribution is -1.89. The average molecular weight is 212 g/mol. The van der Waals surface area contributed by atoms with Crippen molar-refractivity contribution in [3.63, 3.8) is 0 Å². The molecule has 0 unspecified atom stereocenters. The summed E-state index contributed by atoms with van der Waals surface area (Å²) < 4.78 is 14.3. The average Bonchev–Trinajstić information content (AvgIpc) is 2.53. The fraction of sp³-hybridized carbons (Fsp3) is 0. The summed E-state index contributed by atoms with van der Waals surface area (Å²) in [6, 6.07) is 3.37. The summed E-state index contributed by atoms with van der Waals surface area (Å²) >= 11 is 5.46. The highest BCUT2D eigenvalue weighted by Gasteiger charge is 2.11. The molecule has 1 aromatic carbocycles. The number of halogens is 1. The quantitative estimate of drug-likeness (QED) is 0.567. The zero-order valence-electron chi connectivity index (χ0n) is 6.45. The highest BCUT2D eigenvalue weighted by atomic mass is 32.1. The fourth-order valence-electron chi connectivity index (χ4n) is 1.19. The monoisotopic (exact) mass is 212 g/mol. The van der Waals surface area contributed by atoms with Crippen molar-refractivity contribution in [1.29, 1.82) is 0 Å². The normalized spacial score (nSPS) is 10.6. The molecule has 1 aromatic heterocycles. The van der Waals surface area contributed by atoms with E-state index in [1.54, 1.807) is 17.5 Å². The minimum Gasteiger partial charge on any atom is -0.298 e. The Labute approximate surface area is 83.6 Å². The molecule has 13 heavy (non-hydrogen) atoms. The van der Waals surface area contributed by atoms with E-state index in [1.807, 2.05) is 0 Å². The van der Waals surface area contributed by atoms with Crippen LogP contribution in [0.3, 0.4) is 0 Å². The molecule has 0 radical (unpaired) electrons. The minimum absolute atomic E-state index is 0.0363. The van der Waals surface area contributed by atoms with Gasteiger partial charge in [-0.25, -0.2) is 4.39 Å². The molecule has 0 saturated heterocycles. The molecule has 0 saturated carbocycles. The Hall–Kier alpha value is -0.870. The van der Waals surface area contributed by atoms with Gasteiger partial charge in [-0.3, -0.25) is 4.79 Å². The molecule has 0 spiro atoms. The number of hydrogen-bond acceptors (Lipinski definition) is 3. The maximum Gasteiger partial charge on any atom is 0.154 e. The zero-order chi connectivity index (χ0) is 9.42. The second-order valence-corrected chi connectivity index (χ2v) is 4.00. The molecule has 0 aliphatic carbocycles. The summed E-state index contributed by atoms with van der Waals surface area (Å²) in [4.78, 5) is 10.9. The molecular formula is C9H5FOS2. The molecule has 0 atom stereocenters. The van der Waals surface area contributed by atoms with Crippen LogP contribution in [-0.4, -0.2) is 6.29 Å². The largest absolute Gasteiger partial charge is 0.298 e. The van der Waals surface area contributed by atoms with Crippen molar-refractivity contribution in [1.82, 2.24) is 0 Å². The molecule has 0 fully saturated rings. The number of carbonyl (C=O) groups excluding carboxylic acids is 1. The lowest BCUT2D eigenvalue weighted by Gasteiger charge is -2.00. The van der Waals surface area contributed by atoms with Crippen LogP contribution in [0.2, 0.25) is 0 Å². The minimum atomic E-state index is -0.473. The van der Waals surface area contributed by atoms with Gasteiger partial charge in [0.25, 0.3) is 0 Å². The third-order valence-electron chi connectivity index (χ3n) is 1.83. The standard InChI is InChI=1S/C9H5FOS2/c10-9-5-1-2-13-8(5)3-7(12)6(9)4-11/h1-4,12H. The van der Waals surface area contributed by atoms with E-state index in [2.05, 4.69) is 12.6 Å². The molecule has 0 amide bonds. The SMILES string of the molecule is O=Cc1c(S)cc2sccc2c1F. The zero-order valence-corrected chi connectivity index (χ0v) is 8.16. The van der Waals surface area contributed by atoms with E-state index in [0.717, 1.165) is 4.70 Å². The fourth-order valence-corrected chi connectivity index (χ4v) is 2.37. The van der Waals surface area contributed by atoms with E-state index < -0.39 is 5.82 Å². The molecule has 0 aliphatic heterocycles. The number of hydrogen-bond donors (Lipinski definition) is 1. The van der Waals surface area contributed by atoms with E-state index in [0.29, 0.717) is 16.6 Å². The van der Waals surface area contributed by atoms with Crippen molar-refractivity contribution in [2.24, 2.45) is 0 Å². The highest BCUT2D eigenvalue weighted by molar-refractivity contribution is 7.80. The Bertz CT molecular complexity index is 476. The number of carbonyl (C=O) groups is 1. The van der Waals surface area contributed by atoms with Crippen LogP contribution >= 0.6 is 24.0 Å². The number of thiophene rings is 1. The Morgan fingerprint density at radius 2 is 2.31 bits per heavy atom. The highest BCUT2D eigenvalue weighted by Crippen LogP contribution is 2.29. The first-order valence-electron chi connectivity index (χ1n) is 3.58. The van der Waals surface area contributed by atoms with Gasteiger partial charge in [-0.2, -0.15) is 0 Å². The molecule has 1 heterocycles. The molecule has 2 rings (SSSR count). The lowest BCUT2D eigenvalue weighted by atomic mass is 10.1. The number of benzene rings is 1. The van der Waals surface area contributed by atoms with Crippen LogP contribution in [0, 0.1) is 5.82 Å². The second-order valence-electron chi connectivity index (χ2n) is 2.57. The van der Waals surface area contributed by atoms with Crippen LogP contribution in [0.5, 0.6) is 0 Å². The second kappa shape index (κ2) is 3.12. The number of aldehydes is 1. The summed E-state index contributed by atoms with van der Waals surface area (Å²) in [7, 11) is 0. The first-order chi connectivity index (χ1) is 6.24. The summed E-state index contributed by atoms with van der Waals surface area (Å²) in [5.74, 6) is -0.473. The van der Waals surface area contributed by atoms with Gasteiger partial charge in [-0.15, -0.1) is 24.0 Å². The summed E-state index contributed by atoms with van der Waals surface area (Å²) in [5.41, 5.74) is 0.0363. The predicted molar refractivity (Wildman–Crippen MR) is 54.4 cm³/mol. The molecular weight excluding hydrogens is 207 g/mol. The Balaban J connectivity index is 2.92. The summed E-state index contributed by atoms with van der Waals surface area (Å²) in [5, 5.41) is 2.28. The molecule has 4 heteroatoms. The van der Waals surface area contributed by atoms with Gasteiger partial charge in [0.2, 0.25) is 0 Å². The van der Waals surface area contributed by atoms with E-state index in [-0.39, 0.29) is 5.56 Å². The van der Waals surface area contributed by atoms with Crippen molar-refractivity contribution in [3.8, 4) is 0 Å². The van der Waals surface area contributed by atoms with Crippen LogP contribution in [0.1, 0.15) is 10.4 Å². The van der Waals surface area contributed by atoms with Gasteiger partial charge in [-0.1, -0.05) is 0 Å². The molecule has 1 nitrogen and oxygen atoms in total. The summed E-state index contributed by atoms with van der Waals surface area (Å²) in [6.07, 6.45) is 0.495. The number of fused-ring (bicyclic) bond motifs is 1. The van der Waals surface area contributed by atoms with Gasteiger partial charge in [0.15, 0.2) is 6.29 Å². The smallest absolute Gasteiger partial charge is 0.154 e. The van der Waals surface area contributed by atoms with Crippen molar-refractivity contribution < 1.29 is 9.18 Å². The first kappa shape index (κ1) is 8.72. The van der Waals surface area contributed by atoms with E-state index >= 15 is 0 Å². The molecule has 66 valence electrons. The third-order valence-corrected chi connectivity index (χ3v) is 3.06. The van der Waals surface area contributed by atoms with Crippen LogP contribution in [0.15, 0.2) is 22.4 Å². The van der Waals surface area contributed by atoms with E-state index in [9.17, 15) is 9.18 Å². The van der Waals surface area contributed by atoms with E-state index in [4.69, 9.17) is 0 Å². The van der Waals surface area contributed by atoms with Crippen molar-refractivity contribution in [2.75, 3.05) is 0 Å². The molecule has 2 aromatic rings. The number of rotatable bonds is 1. The van der Waals surface area contributed by atoms with E-state index in [1.165, 1.54) is 11.3 Å². The lowest BCUT2D eigenvalue weighted by molar-refractivity contribution is 0.111. The predicted octanol–water partition coefficient (Wildman–Crippen LogP) is 3.14.